The first-order valence-corrected chi connectivity index (χ1v) is 8.18. The Labute approximate surface area is 142 Å². The summed E-state index contributed by atoms with van der Waals surface area (Å²) in [5.41, 5.74) is 4.60. The van der Waals surface area contributed by atoms with E-state index in [1.807, 2.05) is 30.3 Å². The summed E-state index contributed by atoms with van der Waals surface area (Å²) in [6.07, 6.45) is 2.27. The van der Waals surface area contributed by atoms with E-state index in [9.17, 15) is 14.7 Å². The Kier molecular flexibility index (Phi) is 10.2. The Morgan fingerprint density at radius 3 is 2.54 bits per heavy atom. The van der Waals surface area contributed by atoms with Crippen LogP contribution in [0, 0.1) is 0 Å². The molecule has 1 amide bonds. The van der Waals surface area contributed by atoms with Gasteiger partial charge in [0.25, 0.3) is 0 Å². The van der Waals surface area contributed by atoms with Gasteiger partial charge in [-0.1, -0.05) is 30.3 Å². The van der Waals surface area contributed by atoms with Crippen molar-refractivity contribution in [2.45, 2.75) is 38.3 Å². The number of unbranched alkanes of at least 4 members (excludes halogenated alkanes) is 2. The third-order valence-corrected chi connectivity index (χ3v) is 3.34. The van der Waals surface area contributed by atoms with Gasteiger partial charge in [0.1, 0.15) is 13.2 Å². The number of benzene rings is 1. The summed E-state index contributed by atoms with van der Waals surface area (Å²) in [5, 5.41) is 11.9. The minimum Gasteiger partial charge on any atom is -0.432 e. The fourth-order valence-electron chi connectivity index (χ4n) is 2.01. The first-order valence-electron chi connectivity index (χ1n) is 8.18. The predicted molar refractivity (Wildman–Crippen MR) is 87.8 cm³/mol. The Hall–Kier alpha value is -2.12. The van der Waals surface area contributed by atoms with E-state index in [1.165, 1.54) is 0 Å². The number of carbonyl (C=O) groups excluding carboxylic acids is 2. The number of ether oxygens (including phenoxy) is 2. The van der Waals surface area contributed by atoms with Crippen molar-refractivity contribution in [2.24, 2.45) is 0 Å². The van der Waals surface area contributed by atoms with Gasteiger partial charge in [0.15, 0.2) is 0 Å². The van der Waals surface area contributed by atoms with Crippen molar-refractivity contribution >= 4 is 12.1 Å². The van der Waals surface area contributed by atoms with Crippen LogP contribution in [-0.4, -0.2) is 43.0 Å². The van der Waals surface area contributed by atoms with E-state index in [0.29, 0.717) is 6.42 Å². The highest BCUT2D eigenvalue weighted by Crippen LogP contribution is 2.02. The summed E-state index contributed by atoms with van der Waals surface area (Å²) >= 11 is 0. The van der Waals surface area contributed by atoms with E-state index < -0.39 is 12.2 Å². The molecule has 0 aliphatic heterocycles. The van der Waals surface area contributed by atoms with Gasteiger partial charge in [-0.3, -0.25) is 4.79 Å². The molecule has 24 heavy (non-hydrogen) atoms. The van der Waals surface area contributed by atoms with Crippen LogP contribution in [-0.2, 0) is 20.9 Å². The van der Waals surface area contributed by atoms with Gasteiger partial charge in [0.2, 0.25) is 5.91 Å². The maximum Gasteiger partial charge on any atom is 0.508 e. The van der Waals surface area contributed by atoms with Crippen LogP contribution >= 0.6 is 0 Å². The molecule has 1 rings (SSSR count). The number of nitrogens with one attached hydrogen (secondary N) is 1. The molecule has 1 atom stereocenters. The van der Waals surface area contributed by atoms with Gasteiger partial charge in [-0.25, -0.2) is 4.79 Å². The SMILES string of the molecule is [NH3+]CCCCCC(=O)NC(CO)COC(=O)OCc1ccccc1. The van der Waals surface area contributed by atoms with Gasteiger partial charge >= 0.3 is 6.16 Å². The molecule has 134 valence electrons. The lowest BCUT2D eigenvalue weighted by molar-refractivity contribution is -0.368. The molecule has 1 aromatic carbocycles. The van der Waals surface area contributed by atoms with Gasteiger partial charge in [-0.05, 0) is 24.8 Å². The van der Waals surface area contributed by atoms with Crippen LogP contribution in [0.1, 0.15) is 31.2 Å². The molecule has 7 nitrogen and oxygen atoms in total. The lowest BCUT2D eigenvalue weighted by atomic mass is 10.2. The number of hydrogen-bond acceptors (Lipinski definition) is 5. The summed E-state index contributed by atoms with van der Waals surface area (Å²) < 4.78 is 9.87. The first-order chi connectivity index (χ1) is 11.7. The molecule has 0 aromatic heterocycles. The maximum absolute atomic E-state index is 11.7. The van der Waals surface area contributed by atoms with Crippen LogP contribution in [0.5, 0.6) is 0 Å². The standard InChI is InChI=1S/C17H26N2O5/c18-10-6-2-5-9-16(21)19-15(11-20)13-24-17(22)23-12-14-7-3-1-4-8-14/h1,3-4,7-8,15,20H,2,5-6,9-13,18H2,(H,19,21)/p+1. The zero-order valence-corrected chi connectivity index (χ0v) is 13.9. The van der Waals surface area contributed by atoms with Crippen LogP contribution in [0.3, 0.4) is 0 Å². The molecule has 0 saturated carbocycles. The summed E-state index contributed by atoms with van der Waals surface area (Å²) in [5.74, 6) is -0.167. The molecule has 0 aliphatic carbocycles. The van der Waals surface area contributed by atoms with Crippen molar-refractivity contribution in [3.8, 4) is 0 Å². The highest BCUT2D eigenvalue weighted by Gasteiger charge is 2.14. The Bertz CT molecular complexity index is 481. The number of quaternary nitrogens is 1. The molecule has 1 aromatic rings. The van der Waals surface area contributed by atoms with E-state index in [1.54, 1.807) is 0 Å². The van der Waals surface area contributed by atoms with Crippen molar-refractivity contribution in [1.82, 2.24) is 5.32 Å². The lowest BCUT2D eigenvalue weighted by Gasteiger charge is -2.16. The number of rotatable bonds is 11. The van der Waals surface area contributed by atoms with Crippen molar-refractivity contribution in [3.05, 3.63) is 35.9 Å². The monoisotopic (exact) mass is 339 g/mol. The van der Waals surface area contributed by atoms with Gasteiger partial charge in [-0.15, -0.1) is 0 Å². The summed E-state index contributed by atoms with van der Waals surface area (Å²) in [4.78, 5) is 23.2. The van der Waals surface area contributed by atoms with Crippen molar-refractivity contribution in [2.75, 3.05) is 19.8 Å². The smallest absolute Gasteiger partial charge is 0.432 e. The van der Waals surface area contributed by atoms with Crippen LogP contribution in [0.4, 0.5) is 4.79 Å². The molecule has 0 aliphatic rings. The average Bonchev–Trinajstić information content (AvgIpc) is 2.61. The normalized spacial score (nSPS) is 11.6. The molecule has 0 fully saturated rings. The van der Waals surface area contributed by atoms with E-state index in [4.69, 9.17) is 9.47 Å². The van der Waals surface area contributed by atoms with Crippen LogP contribution in [0.2, 0.25) is 0 Å². The average molecular weight is 339 g/mol. The van der Waals surface area contributed by atoms with Crippen LogP contribution in [0.25, 0.3) is 0 Å². The van der Waals surface area contributed by atoms with E-state index in [-0.39, 0.29) is 25.7 Å². The molecule has 7 heteroatoms. The summed E-state index contributed by atoms with van der Waals surface area (Å²) in [7, 11) is 0. The molecule has 0 spiro atoms. The highest BCUT2D eigenvalue weighted by atomic mass is 16.7. The zero-order valence-electron chi connectivity index (χ0n) is 13.9. The minimum absolute atomic E-state index is 0.113. The second-order valence-electron chi connectivity index (χ2n) is 5.45. The Morgan fingerprint density at radius 2 is 1.88 bits per heavy atom. The number of aliphatic hydroxyl groups is 1. The minimum atomic E-state index is -0.831. The van der Waals surface area contributed by atoms with Gasteiger partial charge < -0.3 is 25.6 Å². The lowest BCUT2D eigenvalue weighted by Crippen LogP contribution is -2.50. The third-order valence-electron chi connectivity index (χ3n) is 3.34. The summed E-state index contributed by atoms with van der Waals surface area (Å²) in [6.45, 7) is 0.535. The molecule has 0 heterocycles. The van der Waals surface area contributed by atoms with Crippen LogP contribution < -0.4 is 11.1 Å². The fourth-order valence-corrected chi connectivity index (χ4v) is 2.01. The number of hydrogen-bond donors (Lipinski definition) is 3. The molecule has 0 radical (unpaired) electrons. The molecule has 1 unspecified atom stereocenters. The predicted octanol–water partition coefficient (Wildman–Crippen LogP) is 0.619. The Balaban J connectivity index is 2.20. The molecule has 0 bridgehead atoms. The van der Waals surface area contributed by atoms with Crippen molar-refractivity contribution < 1.29 is 29.9 Å². The van der Waals surface area contributed by atoms with Crippen molar-refractivity contribution in [1.29, 1.82) is 0 Å². The second kappa shape index (κ2) is 12.3. The second-order valence-corrected chi connectivity index (χ2v) is 5.45. The van der Waals surface area contributed by atoms with Gasteiger partial charge in [0.05, 0.1) is 19.2 Å². The number of carbonyl (C=O) groups is 2. The van der Waals surface area contributed by atoms with Crippen molar-refractivity contribution in [3.63, 3.8) is 0 Å². The van der Waals surface area contributed by atoms with E-state index in [2.05, 4.69) is 11.1 Å². The van der Waals surface area contributed by atoms with E-state index >= 15 is 0 Å². The quantitative estimate of drug-likeness (QED) is 0.404. The molecular formula is C17H27N2O5+. The molecule has 5 N–H and O–H groups in total. The fraction of sp³-hybridized carbons (Fsp3) is 0.529. The first kappa shape index (κ1) is 19.9. The highest BCUT2D eigenvalue weighted by molar-refractivity contribution is 5.76. The van der Waals surface area contributed by atoms with Gasteiger partial charge in [-0.2, -0.15) is 0 Å². The summed E-state index contributed by atoms with van der Waals surface area (Å²) in [6, 6.07) is 8.60. The zero-order chi connectivity index (χ0) is 17.6. The third kappa shape index (κ3) is 9.12. The van der Waals surface area contributed by atoms with Gasteiger partial charge in [0, 0.05) is 6.42 Å². The molecule has 0 saturated heterocycles. The van der Waals surface area contributed by atoms with E-state index in [0.717, 1.165) is 31.4 Å². The topological polar surface area (TPSA) is 113 Å². The van der Waals surface area contributed by atoms with Crippen LogP contribution in [0.15, 0.2) is 30.3 Å². The number of amides is 1. The Morgan fingerprint density at radius 1 is 1.12 bits per heavy atom. The largest absolute Gasteiger partial charge is 0.508 e. The maximum atomic E-state index is 11.7. The number of aliphatic hydroxyl groups excluding tert-OH is 1. The molecular weight excluding hydrogens is 312 g/mol.